The maximum atomic E-state index is 11.1. The topological polar surface area (TPSA) is 99.1 Å². The van der Waals surface area contributed by atoms with E-state index in [1.165, 1.54) is 0 Å². The van der Waals surface area contributed by atoms with Crippen LogP contribution in [0.25, 0.3) is 32.6 Å². The standard InChI is InChI=1S/C14H13N3OS.C14H14N2O2/c1-15-14-17-13-12(19-14)7-10(8-16-13)9-3-5-11(18-2)6-4-9;1-9-4-12(11(8-17)6-15-9)13-5-10(2)16-7-14(13)18-3/h3-8H,1-2H3,(H,15,16,17);4-8H,1-3H3. The van der Waals surface area contributed by atoms with Crippen LogP contribution < -0.4 is 14.8 Å². The first-order valence-corrected chi connectivity index (χ1v) is 12.3. The number of aromatic nitrogens is 4. The fraction of sp³-hybridized carbons (Fsp3) is 0.179. The van der Waals surface area contributed by atoms with Crippen LogP contribution in [0.4, 0.5) is 5.13 Å². The highest BCUT2D eigenvalue weighted by Gasteiger charge is 2.12. The monoisotopic (exact) mass is 513 g/mol. The van der Waals surface area contributed by atoms with Crippen LogP contribution in [0.1, 0.15) is 21.7 Å². The average Bonchev–Trinajstić information content (AvgIpc) is 3.36. The summed E-state index contributed by atoms with van der Waals surface area (Å²) in [7, 11) is 5.12. The van der Waals surface area contributed by atoms with E-state index < -0.39 is 0 Å². The Morgan fingerprint density at radius 2 is 1.54 bits per heavy atom. The molecule has 1 aromatic carbocycles. The Morgan fingerprint density at radius 1 is 0.838 bits per heavy atom. The second kappa shape index (κ2) is 11.6. The molecular weight excluding hydrogens is 486 g/mol. The molecule has 5 rings (SSSR count). The van der Waals surface area contributed by atoms with Gasteiger partial charge >= 0.3 is 0 Å². The number of aryl methyl sites for hydroxylation is 2. The summed E-state index contributed by atoms with van der Waals surface area (Å²) in [5.74, 6) is 1.50. The van der Waals surface area contributed by atoms with E-state index in [4.69, 9.17) is 9.47 Å². The Labute approximate surface area is 219 Å². The molecule has 0 saturated heterocycles. The number of carbonyl (C=O) groups excluding carboxylic acids is 1. The molecule has 4 aromatic heterocycles. The fourth-order valence-electron chi connectivity index (χ4n) is 3.69. The van der Waals surface area contributed by atoms with Crippen molar-refractivity contribution in [3.8, 4) is 33.8 Å². The van der Waals surface area contributed by atoms with Gasteiger partial charge in [-0.1, -0.05) is 23.5 Å². The minimum absolute atomic E-state index is 0.546. The van der Waals surface area contributed by atoms with Gasteiger partial charge in [-0.3, -0.25) is 14.8 Å². The first kappa shape index (κ1) is 25.7. The lowest BCUT2D eigenvalue weighted by molar-refractivity contribution is 0.112. The molecule has 37 heavy (non-hydrogen) atoms. The number of hydrogen-bond acceptors (Lipinski definition) is 9. The van der Waals surface area contributed by atoms with Crippen molar-refractivity contribution in [2.75, 3.05) is 26.6 Å². The van der Waals surface area contributed by atoms with Gasteiger partial charge in [0.15, 0.2) is 17.1 Å². The highest BCUT2D eigenvalue weighted by atomic mass is 32.1. The molecule has 4 heterocycles. The van der Waals surface area contributed by atoms with Crippen LogP contribution in [0, 0.1) is 13.8 Å². The number of benzene rings is 1. The Bertz CT molecular complexity index is 1530. The van der Waals surface area contributed by atoms with Crippen molar-refractivity contribution in [3.05, 3.63) is 78.0 Å². The Kier molecular flexibility index (Phi) is 8.05. The molecule has 0 aliphatic carbocycles. The number of hydrogen-bond donors (Lipinski definition) is 1. The summed E-state index contributed by atoms with van der Waals surface area (Å²) in [6.07, 6.45) is 5.89. The van der Waals surface area contributed by atoms with Crippen molar-refractivity contribution in [1.29, 1.82) is 0 Å². The third kappa shape index (κ3) is 5.90. The molecule has 0 saturated carbocycles. The number of anilines is 1. The van der Waals surface area contributed by atoms with Gasteiger partial charge in [0.1, 0.15) is 11.5 Å². The summed E-state index contributed by atoms with van der Waals surface area (Å²) >= 11 is 1.60. The number of thiazole rings is 1. The molecule has 0 spiro atoms. The molecule has 0 aliphatic heterocycles. The quantitative estimate of drug-likeness (QED) is 0.276. The third-order valence-corrected chi connectivity index (χ3v) is 6.61. The van der Waals surface area contributed by atoms with E-state index in [0.29, 0.717) is 11.3 Å². The van der Waals surface area contributed by atoms with Gasteiger partial charge in [-0.25, -0.2) is 9.97 Å². The number of nitrogens with zero attached hydrogens (tertiary/aromatic N) is 4. The maximum Gasteiger partial charge on any atom is 0.185 e. The van der Waals surface area contributed by atoms with Crippen molar-refractivity contribution in [2.24, 2.45) is 0 Å². The highest BCUT2D eigenvalue weighted by Crippen LogP contribution is 2.32. The fourth-order valence-corrected chi connectivity index (χ4v) is 4.50. The summed E-state index contributed by atoms with van der Waals surface area (Å²) in [6, 6.07) is 13.9. The van der Waals surface area contributed by atoms with Gasteiger partial charge in [0, 0.05) is 47.5 Å². The first-order valence-electron chi connectivity index (χ1n) is 11.5. The van der Waals surface area contributed by atoms with Gasteiger partial charge in [-0.2, -0.15) is 0 Å². The Balaban J connectivity index is 0.000000173. The molecule has 9 heteroatoms. The predicted molar refractivity (Wildman–Crippen MR) is 148 cm³/mol. The van der Waals surface area contributed by atoms with E-state index in [1.54, 1.807) is 38.0 Å². The average molecular weight is 514 g/mol. The number of rotatable bonds is 6. The summed E-state index contributed by atoms with van der Waals surface area (Å²) in [5, 5.41) is 3.93. The molecule has 0 fully saturated rings. The number of carbonyl (C=O) groups is 1. The second-order valence-electron chi connectivity index (χ2n) is 8.10. The van der Waals surface area contributed by atoms with Crippen LogP contribution in [0.3, 0.4) is 0 Å². The van der Waals surface area contributed by atoms with E-state index in [0.717, 1.165) is 61.2 Å². The van der Waals surface area contributed by atoms with E-state index in [-0.39, 0.29) is 0 Å². The molecular formula is C28H27N5O3S. The zero-order valence-corrected chi connectivity index (χ0v) is 22.1. The minimum atomic E-state index is 0.546. The van der Waals surface area contributed by atoms with Crippen LogP contribution >= 0.6 is 11.3 Å². The van der Waals surface area contributed by atoms with E-state index >= 15 is 0 Å². The van der Waals surface area contributed by atoms with Crippen LogP contribution in [-0.2, 0) is 0 Å². The summed E-state index contributed by atoms with van der Waals surface area (Å²) < 4.78 is 11.5. The van der Waals surface area contributed by atoms with Crippen molar-refractivity contribution in [2.45, 2.75) is 13.8 Å². The Hall–Kier alpha value is -4.37. The number of fused-ring (bicyclic) bond motifs is 1. The van der Waals surface area contributed by atoms with Crippen molar-refractivity contribution < 1.29 is 14.3 Å². The van der Waals surface area contributed by atoms with Crippen molar-refractivity contribution >= 4 is 33.1 Å². The van der Waals surface area contributed by atoms with E-state index in [9.17, 15) is 4.79 Å². The van der Waals surface area contributed by atoms with Gasteiger partial charge < -0.3 is 14.8 Å². The second-order valence-corrected chi connectivity index (χ2v) is 9.13. The van der Waals surface area contributed by atoms with Crippen LogP contribution in [-0.4, -0.2) is 47.5 Å². The largest absolute Gasteiger partial charge is 0.497 e. The van der Waals surface area contributed by atoms with Crippen molar-refractivity contribution in [3.63, 3.8) is 0 Å². The van der Waals surface area contributed by atoms with Crippen LogP contribution in [0.15, 0.2) is 61.1 Å². The van der Waals surface area contributed by atoms with Crippen LogP contribution in [0.2, 0.25) is 0 Å². The molecule has 0 atom stereocenters. The zero-order valence-electron chi connectivity index (χ0n) is 21.3. The molecule has 0 aliphatic rings. The Morgan fingerprint density at radius 3 is 2.19 bits per heavy atom. The number of nitrogens with one attached hydrogen (secondary N) is 1. The normalized spacial score (nSPS) is 10.4. The molecule has 0 amide bonds. The lowest BCUT2D eigenvalue weighted by Gasteiger charge is -2.11. The lowest BCUT2D eigenvalue weighted by Crippen LogP contribution is -1.96. The lowest BCUT2D eigenvalue weighted by atomic mass is 10.0. The third-order valence-electron chi connectivity index (χ3n) is 5.60. The van der Waals surface area contributed by atoms with Gasteiger partial charge in [0.25, 0.3) is 0 Å². The molecule has 5 aromatic rings. The van der Waals surface area contributed by atoms with Gasteiger partial charge in [0.2, 0.25) is 0 Å². The van der Waals surface area contributed by atoms with E-state index in [1.807, 2.05) is 63.5 Å². The van der Waals surface area contributed by atoms with Crippen LogP contribution in [0.5, 0.6) is 11.5 Å². The molecule has 0 unspecified atom stereocenters. The number of pyridine rings is 3. The molecule has 1 N–H and O–H groups in total. The molecule has 188 valence electrons. The molecule has 0 bridgehead atoms. The smallest absolute Gasteiger partial charge is 0.185 e. The van der Waals surface area contributed by atoms with Gasteiger partial charge in [-0.05, 0) is 55.3 Å². The minimum Gasteiger partial charge on any atom is -0.497 e. The van der Waals surface area contributed by atoms with Crippen molar-refractivity contribution in [1.82, 2.24) is 19.9 Å². The predicted octanol–water partition coefficient (Wildman–Crippen LogP) is 5.99. The maximum absolute atomic E-state index is 11.1. The van der Waals surface area contributed by atoms with Gasteiger partial charge in [-0.15, -0.1) is 0 Å². The molecule has 8 nitrogen and oxygen atoms in total. The molecule has 0 radical (unpaired) electrons. The summed E-state index contributed by atoms with van der Waals surface area (Å²) in [5.41, 5.74) is 6.94. The zero-order chi connectivity index (χ0) is 26.4. The highest BCUT2D eigenvalue weighted by molar-refractivity contribution is 7.22. The summed E-state index contributed by atoms with van der Waals surface area (Å²) in [4.78, 5) is 28.2. The van der Waals surface area contributed by atoms with E-state index in [2.05, 4.69) is 31.3 Å². The number of aldehydes is 1. The number of methoxy groups -OCH3 is 2. The first-order chi connectivity index (χ1) is 17.9. The summed E-state index contributed by atoms with van der Waals surface area (Å²) in [6.45, 7) is 3.79. The SMILES string of the molecule is CNc1nc2ncc(-c3ccc(OC)cc3)cc2s1.COc1cnc(C)cc1-c1cc(C)ncc1C=O. The van der Waals surface area contributed by atoms with Gasteiger partial charge in [0.05, 0.1) is 25.1 Å². The number of ether oxygens (including phenoxy) is 2.